The van der Waals surface area contributed by atoms with Crippen molar-refractivity contribution in [1.29, 1.82) is 0 Å². The molecule has 0 aliphatic heterocycles. The summed E-state index contributed by atoms with van der Waals surface area (Å²) in [6, 6.07) is 3.28. The van der Waals surface area contributed by atoms with Crippen molar-refractivity contribution >= 4 is 21.7 Å². The molecule has 0 bridgehead atoms. The summed E-state index contributed by atoms with van der Waals surface area (Å²) in [5.74, 6) is -1.03. The highest BCUT2D eigenvalue weighted by molar-refractivity contribution is 9.10. The van der Waals surface area contributed by atoms with Crippen molar-refractivity contribution in [1.82, 2.24) is 9.97 Å². The van der Waals surface area contributed by atoms with Gasteiger partial charge in [-0.2, -0.15) is 13.2 Å². The molecule has 0 saturated carbocycles. The minimum Gasteiger partial charge on any atom is -0.479 e. The minimum absolute atomic E-state index is 0.126. The van der Waals surface area contributed by atoms with Crippen LogP contribution in [0.25, 0.3) is 0 Å². The summed E-state index contributed by atoms with van der Waals surface area (Å²) in [6.45, 7) is 0. The fourth-order valence-electron chi connectivity index (χ4n) is 1.71. The second kappa shape index (κ2) is 5.80. The molecule has 0 N–H and O–H groups in total. The highest BCUT2D eigenvalue weighted by atomic mass is 79.9. The number of ether oxygens (including phenoxy) is 1. The van der Waals surface area contributed by atoms with Crippen LogP contribution in [-0.2, 0) is 6.18 Å². The number of aromatic nitrogens is 2. The van der Waals surface area contributed by atoms with E-state index in [9.17, 15) is 18.0 Å². The van der Waals surface area contributed by atoms with Gasteiger partial charge in [-0.15, -0.1) is 0 Å². The third-order valence-electron chi connectivity index (χ3n) is 2.60. The lowest BCUT2D eigenvalue weighted by atomic mass is 10.0. The van der Waals surface area contributed by atoms with E-state index >= 15 is 0 Å². The fraction of sp³-hybridized carbons (Fsp3) is 0.154. The average Bonchev–Trinajstić information content (AvgIpc) is 2.45. The number of ketones is 1. The standard InChI is InChI=1S/C13H8BrF3N2O2/c1-21-12-10(18-4-5-19-12)11(20)8-3-2-7(14)6-9(8)13(15,16)17/h2-6H,1H3. The van der Waals surface area contributed by atoms with Gasteiger partial charge in [-0.1, -0.05) is 15.9 Å². The average molecular weight is 361 g/mol. The molecule has 0 fully saturated rings. The number of methoxy groups -OCH3 is 1. The molecule has 8 heteroatoms. The first-order valence-electron chi connectivity index (χ1n) is 5.61. The molecule has 21 heavy (non-hydrogen) atoms. The largest absolute Gasteiger partial charge is 0.479 e. The molecule has 0 saturated heterocycles. The number of benzene rings is 1. The van der Waals surface area contributed by atoms with Gasteiger partial charge in [-0.3, -0.25) is 4.79 Å². The van der Waals surface area contributed by atoms with Crippen LogP contribution in [0.15, 0.2) is 35.1 Å². The zero-order valence-electron chi connectivity index (χ0n) is 10.6. The fourth-order valence-corrected chi connectivity index (χ4v) is 2.07. The van der Waals surface area contributed by atoms with Crippen molar-refractivity contribution < 1.29 is 22.7 Å². The molecule has 0 atom stereocenters. The van der Waals surface area contributed by atoms with E-state index in [1.807, 2.05) is 0 Å². The Labute approximate surface area is 126 Å². The van der Waals surface area contributed by atoms with Gasteiger partial charge in [0, 0.05) is 22.4 Å². The number of alkyl halides is 3. The van der Waals surface area contributed by atoms with E-state index in [1.165, 1.54) is 25.6 Å². The lowest BCUT2D eigenvalue weighted by Gasteiger charge is -2.13. The van der Waals surface area contributed by atoms with Gasteiger partial charge in [0.05, 0.1) is 12.7 Å². The summed E-state index contributed by atoms with van der Waals surface area (Å²) < 4.78 is 44.2. The zero-order chi connectivity index (χ0) is 15.6. The number of hydrogen-bond acceptors (Lipinski definition) is 4. The summed E-state index contributed by atoms with van der Waals surface area (Å²) in [6.07, 6.45) is -2.17. The van der Waals surface area contributed by atoms with Gasteiger partial charge in [-0.25, -0.2) is 9.97 Å². The number of rotatable bonds is 3. The quantitative estimate of drug-likeness (QED) is 0.786. The van der Waals surface area contributed by atoms with E-state index < -0.39 is 23.1 Å². The molecular weight excluding hydrogens is 353 g/mol. The predicted molar refractivity (Wildman–Crippen MR) is 71.2 cm³/mol. The number of carbonyl (C=O) groups is 1. The van der Waals surface area contributed by atoms with E-state index in [0.29, 0.717) is 0 Å². The van der Waals surface area contributed by atoms with Gasteiger partial charge < -0.3 is 4.74 Å². The summed E-state index contributed by atoms with van der Waals surface area (Å²) in [5, 5.41) is 0. The summed E-state index contributed by atoms with van der Waals surface area (Å²) in [5.41, 5.74) is -1.83. The van der Waals surface area contributed by atoms with E-state index in [0.717, 1.165) is 12.1 Å². The lowest BCUT2D eigenvalue weighted by molar-refractivity contribution is -0.137. The first-order chi connectivity index (χ1) is 9.84. The first kappa shape index (κ1) is 15.4. The van der Waals surface area contributed by atoms with Gasteiger partial charge in [-0.05, 0) is 18.2 Å². The molecule has 1 aromatic carbocycles. The molecule has 1 heterocycles. The monoisotopic (exact) mass is 360 g/mol. The molecule has 2 aromatic rings. The Balaban J connectivity index is 2.59. The van der Waals surface area contributed by atoms with Crippen LogP contribution in [0.5, 0.6) is 5.88 Å². The third kappa shape index (κ3) is 3.21. The molecule has 0 aliphatic carbocycles. The minimum atomic E-state index is -4.66. The van der Waals surface area contributed by atoms with Crippen LogP contribution in [0, 0.1) is 0 Å². The summed E-state index contributed by atoms with van der Waals surface area (Å²) in [7, 11) is 1.26. The number of halogens is 4. The Morgan fingerprint density at radius 2 is 1.90 bits per heavy atom. The van der Waals surface area contributed by atoms with Gasteiger partial charge in [0.1, 0.15) is 0 Å². The Morgan fingerprint density at radius 3 is 2.52 bits per heavy atom. The molecule has 2 rings (SSSR count). The van der Waals surface area contributed by atoms with Crippen LogP contribution in [0.2, 0.25) is 0 Å². The van der Waals surface area contributed by atoms with Crippen LogP contribution < -0.4 is 4.74 Å². The molecule has 0 unspecified atom stereocenters. The summed E-state index contributed by atoms with van der Waals surface area (Å²) in [4.78, 5) is 19.8. The highest BCUT2D eigenvalue weighted by Crippen LogP contribution is 2.35. The third-order valence-corrected chi connectivity index (χ3v) is 3.10. The molecule has 110 valence electrons. The van der Waals surface area contributed by atoms with Crippen LogP contribution in [0.4, 0.5) is 13.2 Å². The van der Waals surface area contributed by atoms with Gasteiger partial charge in [0.15, 0.2) is 5.69 Å². The van der Waals surface area contributed by atoms with E-state index in [-0.39, 0.29) is 16.0 Å². The van der Waals surface area contributed by atoms with Crippen molar-refractivity contribution in [3.8, 4) is 5.88 Å². The molecule has 1 aromatic heterocycles. The van der Waals surface area contributed by atoms with Crippen LogP contribution >= 0.6 is 15.9 Å². The molecule has 0 amide bonds. The molecule has 0 spiro atoms. The topological polar surface area (TPSA) is 52.1 Å². The summed E-state index contributed by atoms with van der Waals surface area (Å²) >= 11 is 2.96. The maximum absolute atomic E-state index is 13.0. The Hall–Kier alpha value is -1.96. The first-order valence-corrected chi connectivity index (χ1v) is 6.40. The maximum Gasteiger partial charge on any atom is 0.417 e. The second-order valence-corrected chi connectivity index (χ2v) is 4.85. The van der Waals surface area contributed by atoms with Crippen molar-refractivity contribution in [2.75, 3.05) is 7.11 Å². The van der Waals surface area contributed by atoms with Crippen molar-refractivity contribution in [3.05, 3.63) is 51.9 Å². The van der Waals surface area contributed by atoms with Crippen molar-refractivity contribution in [2.24, 2.45) is 0 Å². The Kier molecular flexibility index (Phi) is 4.26. The molecular formula is C13H8BrF3N2O2. The lowest BCUT2D eigenvalue weighted by Crippen LogP contribution is -2.15. The molecule has 0 radical (unpaired) electrons. The van der Waals surface area contributed by atoms with Gasteiger partial charge in [0.2, 0.25) is 11.7 Å². The van der Waals surface area contributed by atoms with E-state index in [2.05, 4.69) is 25.9 Å². The number of carbonyl (C=O) groups excluding carboxylic acids is 1. The van der Waals surface area contributed by atoms with Crippen molar-refractivity contribution in [3.63, 3.8) is 0 Å². The van der Waals surface area contributed by atoms with E-state index in [1.54, 1.807) is 0 Å². The van der Waals surface area contributed by atoms with Crippen molar-refractivity contribution in [2.45, 2.75) is 6.18 Å². The highest BCUT2D eigenvalue weighted by Gasteiger charge is 2.36. The van der Waals surface area contributed by atoms with Gasteiger partial charge >= 0.3 is 6.18 Å². The van der Waals surface area contributed by atoms with Gasteiger partial charge in [0.25, 0.3) is 0 Å². The van der Waals surface area contributed by atoms with Crippen LogP contribution in [0.3, 0.4) is 0 Å². The van der Waals surface area contributed by atoms with Crippen LogP contribution in [-0.4, -0.2) is 22.9 Å². The molecule has 0 aliphatic rings. The predicted octanol–water partition coefficient (Wildman–Crippen LogP) is 3.50. The smallest absolute Gasteiger partial charge is 0.417 e. The zero-order valence-corrected chi connectivity index (χ0v) is 12.2. The second-order valence-electron chi connectivity index (χ2n) is 3.93. The number of nitrogens with zero attached hydrogens (tertiary/aromatic N) is 2. The van der Waals surface area contributed by atoms with Crippen LogP contribution in [0.1, 0.15) is 21.6 Å². The Bertz CT molecular complexity index is 689. The maximum atomic E-state index is 13.0. The Morgan fingerprint density at radius 1 is 1.24 bits per heavy atom. The molecule has 4 nitrogen and oxygen atoms in total. The van der Waals surface area contributed by atoms with E-state index in [4.69, 9.17) is 4.74 Å². The SMILES string of the molecule is COc1nccnc1C(=O)c1ccc(Br)cc1C(F)(F)F. The normalized spacial score (nSPS) is 11.3. The number of hydrogen-bond donors (Lipinski definition) is 0.